The van der Waals surface area contributed by atoms with E-state index in [1.165, 1.54) is 0 Å². The van der Waals surface area contributed by atoms with Crippen LogP contribution in [0.5, 0.6) is 0 Å². The third-order valence-electron chi connectivity index (χ3n) is 3.11. The lowest BCUT2D eigenvalue weighted by molar-refractivity contribution is -0.121. The van der Waals surface area contributed by atoms with E-state index in [2.05, 4.69) is 11.1 Å². The van der Waals surface area contributed by atoms with E-state index in [4.69, 9.17) is 16.2 Å². The maximum Gasteiger partial charge on any atom is 0.255 e. The highest BCUT2D eigenvalue weighted by molar-refractivity contribution is 5.93. The van der Waals surface area contributed by atoms with Crippen LogP contribution in [-0.2, 0) is 9.53 Å². The summed E-state index contributed by atoms with van der Waals surface area (Å²) in [6.07, 6.45) is 0. The van der Waals surface area contributed by atoms with E-state index in [1.807, 2.05) is 25.1 Å². The summed E-state index contributed by atoms with van der Waals surface area (Å²) in [5, 5.41) is 0. The van der Waals surface area contributed by atoms with Gasteiger partial charge in [0.1, 0.15) is 0 Å². The average Bonchev–Trinajstić information content (AvgIpc) is 2.76. The maximum atomic E-state index is 11.9. The molecule has 1 aliphatic heterocycles. The van der Waals surface area contributed by atoms with E-state index in [0.717, 1.165) is 11.1 Å². The Morgan fingerprint density at radius 1 is 1.39 bits per heavy atom. The molecular formula is C13H17N3O2. The predicted molar refractivity (Wildman–Crippen MR) is 69.0 cm³/mol. The molecule has 1 amide bonds. The van der Waals surface area contributed by atoms with Gasteiger partial charge in [-0.25, -0.2) is 0 Å². The molecule has 0 aromatic heterocycles. The molecule has 1 saturated heterocycles. The molecule has 1 fully saturated rings. The largest absolute Gasteiger partial charge is 0.380 e. The van der Waals surface area contributed by atoms with Crippen LogP contribution in [0.4, 0.5) is 0 Å². The smallest absolute Gasteiger partial charge is 0.255 e. The molecule has 4 N–H and O–H groups in total. The van der Waals surface area contributed by atoms with Crippen molar-refractivity contribution < 1.29 is 9.53 Å². The second-order valence-electron chi connectivity index (χ2n) is 4.54. The van der Waals surface area contributed by atoms with Crippen LogP contribution in [0, 0.1) is 12.8 Å². The third-order valence-corrected chi connectivity index (χ3v) is 3.11. The predicted octanol–water partition coefficient (Wildman–Crippen LogP) is 0.525. The topological polar surface area (TPSA) is 90.7 Å². The first kappa shape index (κ1) is 12.6. The normalized spacial score (nSPS) is 22.7. The van der Waals surface area contributed by atoms with Gasteiger partial charge >= 0.3 is 0 Å². The van der Waals surface area contributed by atoms with E-state index >= 15 is 0 Å². The standard InChI is InChI=1S/C13H17N3O2/c1-8-3-2-4-9(5-8)10-6-18-7-11(10)12(17)16-13(14)15/h2-5,10-11H,6-7H2,1H3,(H4,14,15,16,17). The molecular weight excluding hydrogens is 230 g/mol. The van der Waals surface area contributed by atoms with Gasteiger partial charge in [0.25, 0.3) is 5.91 Å². The Balaban J connectivity index is 2.22. The van der Waals surface area contributed by atoms with Crippen molar-refractivity contribution in [3.05, 3.63) is 35.4 Å². The number of aryl methyl sites for hydroxylation is 1. The van der Waals surface area contributed by atoms with Gasteiger partial charge in [-0.05, 0) is 12.5 Å². The number of hydrogen-bond acceptors (Lipinski definition) is 2. The number of ether oxygens (including phenoxy) is 1. The van der Waals surface area contributed by atoms with Crippen LogP contribution in [0.25, 0.3) is 0 Å². The van der Waals surface area contributed by atoms with Gasteiger partial charge in [0, 0.05) is 5.92 Å². The van der Waals surface area contributed by atoms with Crippen molar-refractivity contribution in [2.45, 2.75) is 12.8 Å². The minimum atomic E-state index is -0.306. The highest BCUT2D eigenvalue weighted by Gasteiger charge is 2.35. The van der Waals surface area contributed by atoms with Crippen molar-refractivity contribution in [2.24, 2.45) is 22.4 Å². The van der Waals surface area contributed by atoms with Gasteiger partial charge in [-0.3, -0.25) is 4.79 Å². The maximum absolute atomic E-state index is 11.9. The number of nitrogens with zero attached hydrogens (tertiary/aromatic N) is 1. The Kier molecular flexibility index (Phi) is 3.62. The highest BCUT2D eigenvalue weighted by atomic mass is 16.5. The number of aliphatic imine (C=N–C) groups is 1. The zero-order valence-electron chi connectivity index (χ0n) is 10.3. The molecule has 1 aromatic carbocycles. The molecule has 2 unspecified atom stereocenters. The summed E-state index contributed by atoms with van der Waals surface area (Å²) in [6.45, 7) is 2.92. The summed E-state index contributed by atoms with van der Waals surface area (Å²) in [6, 6.07) is 8.06. The van der Waals surface area contributed by atoms with Crippen LogP contribution in [0.1, 0.15) is 17.0 Å². The Hall–Kier alpha value is -1.88. The zero-order valence-corrected chi connectivity index (χ0v) is 10.3. The average molecular weight is 247 g/mol. The van der Waals surface area contributed by atoms with Crippen LogP contribution in [0.15, 0.2) is 29.3 Å². The van der Waals surface area contributed by atoms with Crippen molar-refractivity contribution in [3.8, 4) is 0 Å². The molecule has 0 radical (unpaired) electrons. The molecule has 1 heterocycles. The number of rotatable bonds is 2. The molecule has 2 rings (SSSR count). The van der Waals surface area contributed by atoms with Crippen molar-refractivity contribution in [3.63, 3.8) is 0 Å². The van der Waals surface area contributed by atoms with Gasteiger partial charge in [-0.1, -0.05) is 29.8 Å². The molecule has 1 aliphatic rings. The summed E-state index contributed by atoms with van der Waals surface area (Å²) in [5.74, 6) is -0.775. The lowest BCUT2D eigenvalue weighted by Gasteiger charge is -2.15. The van der Waals surface area contributed by atoms with Crippen LogP contribution in [-0.4, -0.2) is 25.1 Å². The molecule has 1 aromatic rings. The lowest BCUT2D eigenvalue weighted by Crippen LogP contribution is -2.28. The fourth-order valence-electron chi connectivity index (χ4n) is 2.24. The quantitative estimate of drug-likeness (QED) is 0.589. The molecule has 0 aliphatic carbocycles. The minimum Gasteiger partial charge on any atom is -0.380 e. The van der Waals surface area contributed by atoms with E-state index in [-0.39, 0.29) is 23.7 Å². The van der Waals surface area contributed by atoms with Gasteiger partial charge in [0.2, 0.25) is 0 Å². The van der Waals surface area contributed by atoms with E-state index in [9.17, 15) is 4.79 Å². The summed E-state index contributed by atoms with van der Waals surface area (Å²) in [4.78, 5) is 15.5. The van der Waals surface area contributed by atoms with Crippen molar-refractivity contribution in [1.29, 1.82) is 0 Å². The van der Waals surface area contributed by atoms with Gasteiger partial charge in [-0.2, -0.15) is 4.99 Å². The lowest BCUT2D eigenvalue weighted by atomic mass is 9.88. The first-order valence-electron chi connectivity index (χ1n) is 5.85. The number of benzene rings is 1. The van der Waals surface area contributed by atoms with Gasteiger partial charge < -0.3 is 16.2 Å². The first-order chi connectivity index (χ1) is 8.58. The monoisotopic (exact) mass is 247 g/mol. The summed E-state index contributed by atoms with van der Waals surface area (Å²) < 4.78 is 5.39. The SMILES string of the molecule is Cc1cccc(C2COCC2C(=O)N=C(N)N)c1. The molecule has 5 heteroatoms. The van der Waals surface area contributed by atoms with Gasteiger partial charge in [0.05, 0.1) is 19.1 Å². The Morgan fingerprint density at radius 2 is 2.17 bits per heavy atom. The second-order valence-corrected chi connectivity index (χ2v) is 4.54. The van der Waals surface area contributed by atoms with Crippen LogP contribution in [0.3, 0.4) is 0 Å². The van der Waals surface area contributed by atoms with E-state index < -0.39 is 0 Å². The fourth-order valence-corrected chi connectivity index (χ4v) is 2.24. The third kappa shape index (κ3) is 2.68. The van der Waals surface area contributed by atoms with Gasteiger partial charge in [0.15, 0.2) is 5.96 Å². The summed E-state index contributed by atoms with van der Waals surface area (Å²) in [5.41, 5.74) is 12.7. The van der Waals surface area contributed by atoms with Crippen LogP contribution >= 0.6 is 0 Å². The number of nitrogens with two attached hydrogens (primary N) is 2. The fraction of sp³-hybridized carbons (Fsp3) is 0.385. The summed E-state index contributed by atoms with van der Waals surface area (Å²) >= 11 is 0. The van der Waals surface area contributed by atoms with Crippen molar-refractivity contribution in [1.82, 2.24) is 0 Å². The minimum absolute atomic E-state index is 0.0282. The second kappa shape index (κ2) is 5.18. The number of amides is 1. The van der Waals surface area contributed by atoms with Crippen molar-refractivity contribution in [2.75, 3.05) is 13.2 Å². The van der Waals surface area contributed by atoms with Crippen LogP contribution < -0.4 is 11.5 Å². The molecule has 96 valence electrons. The molecule has 18 heavy (non-hydrogen) atoms. The number of guanidine groups is 1. The first-order valence-corrected chi connectivity index (χ1v) is 5.85. The number of carbonyl (C=O) groups is 1. The molecule has 0 bridgehead atoms. The summed E-state index contributed by atoms with van der Waals surface area (Å²) in [7, 11) is 0. The Morgan fingerprint density at radius 3 is 2.83 bits per heavy atom. The van der Waals surface area contributed by atoms with Gasteiger partial charge in [-0.15, -0.1) is 0 Å². The highest BCUT2D eigenvalue weighted by Crippen LogP contribution is 2.32. The number of carbonyl (C=O) groups excluding carboxylic acids is 1. The van der Waals surface area contributed by atoms with E-state index in [1.54, 1.807) is 0 Å². The molecule has 0 saturated carbocycles. The van der Waals surface area contributed by atoms with E-state index in [0.29, 0.717) is 13.2 Å². The zero-order chi connectivity index (χ0) is 13.1. The molecule has 5 nitrogen and oxygen atoms in total. The van der Waals surface area contributed by atoms with Crippen molar-refractivity contribution >= 4 is 11.9 Å². The Bertz CT molecular complexity index is 481. The molecule has 2 atom stereocenters. The molecule has 0 spiro atoms. The number of hydrogen-bond donors (Lipinski definition) is 2. The Labute approximate surface area is 106 Å². The van der Waals surface area contributed by atoms with Crippen LogP contribution in [0.2, 0.25) is 0 Å².